The second-order valence-corrected chi connectivity index (χ2v) is 3.95. The molecular weight excluding hydrogens is 227 g/mol. The van der Waals surface area contributed by atoms with Crippen LogP contribution in [0.5, 0.6) is 5.75 Å². The van der Waals surface area contributed by atoms with Crippen LogP contribution in [0.3, 0.4) is 0 Å². The Morgan fingerprint density at radius 3 is 2.72 bits per heavy atom. The lowest BCUT2D eigenvalue weighted by Gasteiger charge is -2.11. The first-order valence-electron chi connectivity index (χ1n) is 5.64. The van der Waals surface area contributed by atoms with E-state index in [0.29, 0.717) is 5.75 Å². The Morgan fingerprint density at radius 2 is 1.94 bits per heavy atom. The van der Waals surface area contributed by atoms with E-state index in [1.54, 1.807) is 6.07 Å². The third kappa shape index (κ3) is 2.52. The number of para-hydroxylation sites is 1. The number of hydrogen-bond acceptors (Lipinski definition) is 1. The zero-order valence-electron chi connectivity index (χ0n) is 10.1. The van der Waals surface area contributed by atoms with E-state index >= 15 is 0 Å². The first kappa shape index (κ1) is 12.2. The van der Waals surface area contributed by atoms with Crippen molar-refractivity contribution in [3.05, 3.63) is 53.8 Å². The number of halogens is 1. The van der Waals surface area contributed by atoms with Crippen molar-refractivity contribution < 1.29 is 9.13 Å². The second-order valence-electron chi connectivity index (χ2n) is 3.95. The highest BCUT2D eigenvalue weighted by Crippen LogP contribution is 2.32. The van der Waals surface area contributed by atoms with Gasteiger partial charge in [-0.2, -0.15) is 0 Å². The van der Waals surface area contributed by atoms with Crippen LogP contribution in [-0.2, 0) is 0 Å². The number of rotatable bonds is 3. The lowest BCUT2D eigenvalue weighted by molar-refractivity contribution is 0.372. The van der Waals surface area contributed by atoms with Gasteiger partial charge in [-0.3, -0.25) is 0 Å². The van der Waals surface area contributed by atoms with Crippen LogP contribution in [0.2, 0.25) is 0 Å². The quantitative estimate of drug-likeness (QED) is 0.741. The van der Waals surface area contributed by atoms with E-state index in [9.17, 15) is 4.39 Å². The molecule has 0 amide bonds. The summed E-state index contributed by atoms with van der Waals surface area (Å²) in [5, 5.41) is 0. The summed E-state index contributed by atoms with van der Waals surface area (Å²) in [6.45, 7) is 2.14. The van der Waals surface area contributed by atoms with E-state index in [-0.39, 0.29) is 12.4 Å². The summed E-state index contributed by atoms with van der Waals surface area (Å²) in [5.41, 5.74) is 2.67. The molecule has 0 aliphatic carbocycles. The van der Waals surface area contributed by atoms with Crippen molar-refractivity contribution in [2.45, 2.75) is 6.92 Å². The van der Waals surface area contributed by atoms with Crippen molar-refractivity contribution in [2.75, 3.05) is 6.61 Å². The number of hydrogen-bond donors (Lipinski definition) is 0. The van der Waals surface area contributed by atoms with Crippen LogP contribution in [0.25, 0.3) is 11.1 Å². The van der Waals surface area contributed by atoms with Crippen LogP contribution >= 0.6 is 0 Å². The largest absolute Gasteiger partial charge is 0.480 e. The fraction of sp³-hybridized carbons (Fsp3) is 0.125. The highest BCUT2D eigenvalue weighted by atomic mass is 19.1. The molecule has 0 aliphatic heterocycles. The predicted molar refractivity (Wildman–Crippen MR) is 70.9 cm³/mol. The minimum atomic E-state index is -0.262. The molecule has 90 valence electrons. The summed E-state index contributed by atoms with van der Waals surface area (Å²) in [5.74, 6) is 2.83. The molecule has 0 aliphatic rings. The van der Waals surface area contributed by atoms with Gasteiger partial charge in [-0.05, 0) is 36.2 Å². The van der Waals surface area contributed by atoms with Crippen molar-refractivity contribution in [2.24, 2.45) is 0 Å². The van der Waals surface area contributed by atoms with E-state index in [4.69, 9.17) is 11.2 Å². The van der Waals surface area contributed by atoms with Crippen LogP contribution in [0.15, 0.2) is 42.5 Å². The van der Waals surface area contributed by atoms with E-state index in [2.05, 4.69) is 5.92 Å². The summed E-state index contributed by atoms with van der Waals surface area (Å²) in [6, 6.07) is 12.2. The van der Waals surface area contributed by atoms with E-state index in [1.165, 1.54) is 12.1 Å². The van der Waals surface area contributed by atoms with Crippen molar-refractivity contribution in [1.29, 1.82) is 0 Å². The number of aryl methyl sites for hydroxylation is 1. The lowest BCUT2D eigenvalue weighted by atomic mass is 9.99. The van der Waals surface area contributed by atoms with Crippen molar-refractivity contribution in [3.63, 3.8) is 0 Å². The molecule has 0 saturated heterocycles. The minimum Gasteiger partial charge on any atom is -0.480 e. The summed E-state index contributed by atoms with van der Waals surface area (Å²) < 4.78 is 18.8. The van der Waals surface area contributed by atoms with Gasteiger partial charge < -0.3 is 4.74 Å². The molecule has 0 heterocycles. The topological polar surface area (TPSA) is 9.23 Å². The Labute approximate surface area is 106 Å². The van der Waals surface area contributed by atoms with Gasteiger partial charge in [-0.15, -0.1) is 6.42 Å². The first-order chi connectivity index (χ1) is 8.72. The van der Waals surface area contributed by atoms with E-state index in [1.807, 2.05) is 31.2 Å². The molecule has 0 aromatic heterocycles. The highest BCUT2D eigenvalue weighted by molar-refractivity contribution is 5.73. The van der Waals surface area contributed by atoms with Gasteiger partial charge in [0, 0.05) is 5.56 Å². The fourth-order valence-corrected chi connectivity index (χ4v) is 1.82. The Kier molecular flexibility index (Phi) is 3.64. The van der Waals surface area contributed by atoms with Crippen LogP contribution in [0, 0.1) is 25.1 Å². The monoisotopic (exact) mass is 240 g/mol. The van der Waals surface area contributed by atoms with Gasteiger partial charge in [0.05, 0.1) is 0 Å². The Balaban J connectivity index is 2.50. The van der Waals surface area contributed by atoms with Crippen LogP contribution in [0.4, 0.5) is 4.39 Å². The summed E-state index contributed by atoms with van der Waals surface area (Å²) in [4.78, 5) is 0. The van der Waals surface area contributed by atoms with Gasteiger partial charge in [0.2, 0.25) is 0 Å². The summed E-state index contributed by atoms with van der Waals surface area (Å²) >= 11 is 0. The third-order valence-corrected chi connectivity index (χ3v) is 2.69. The molecule has 0 N–H and O–H groups in total. The molecule has 1 nitrogen and oxygen atoms in total. The van der Waals surface area contributed by atoms with Gasteiger partial charge in [-0.1, -0.05) is 30.2 Å². The molecule has 2 aromatic carbocycles. The molecule has 18 heavy (non-hydrogen) atoms. The van der Waals surface area contributed by atoms with Crippen molar-refractivity contribution in [1.82, 2.24) is 0 Å². The first-order valence-corrected chi connectivity index (χ1v) is 5.64. The average Bonchev–Trinajstić information content (AvgIpc) is 2.39. The van der Waals surface area contributed by atoms with Crippen molar-refractivity contribution in [3.8, 4) is 29.2 Å². The van der Waals surface area contributed by atoms with Gasteiger partial charge in [0.1, 0.15) is 18.2 Å². The molecule has 0 spiro atoms. The maximum Gasteiger partial charge on any atom is 0.148 e. The normalized spacial score (nSPS) is 9.83. The number of ether oxygens (including phenoxy) is 1. The molecule has 0 atom stereocenters. The molecule has 0 saturated carbocycles. The van der Waals surface area contributed by atoms with Crippen LogP contribution in [-0.4, -0.2) is 6.61 Å². The minimum absolute atomic E-state index is 0.200. The maximum absolute atomic E-state index is 13.3. The van der Waals surface area contributed by atoms with E-state index in [0.717, 1.165) is 16.7 Å². The molecule has 2 aromatic rings. The van der Waals surface area contributed by atoms with Crippen molar-refractivity contribution >= 4 is 0 Å². The van der Waals surface area contributed by atoms with Gasteiger partial charge in [0.25, 0.3) is 0 Å². The van der Waals surface area contributed by atoms with Gasteiger partial charge >= 0.3 is 0 Å². The summed E-state index contributed by atoms with van der Waals surface area (Å²) in [6.07, 6.45) is 5.18. The molecule has 2 rings (SSSR count). The standard InChI is InChI=1S/C16H13FO/c1-3-10-18-16-7-5-4-6-14(16)15-11-13(17)9-8-12(15)2/h1,4-9,11H,10H2,2H3. The van der Waals surface area contributed by atoms with E-state index < -0.39 is 0 Å². The van der Waals surface area contributed by atoms with Crippen LogP contribution in [0.1, 0.15) is 5.56 Å². The maximum atomic E-state index is 13.3. The number of terminal acetylenes is 1. The number of benzene rings is 2. The molecule has 0 fully saturated rings. The lowest BCUT2D eigenvalue weighted by Crippen LogP contribution is -1.96. The van der Waals surface area contributed by atoms with Crippen LogP contribution < -0.4 is 4.74 Å². The Hall–Kier alpha value is -2.27. The molecule has 0 radical (unpaired) electrons. The Morgan fingerprint density at radius 1 is 1.17 bits per heavy atom. The predicted octanol–water partition coefficient (Wildman–Crippen LogP) is 3.81. The molecule has 2 heteroatoms. The van der Waals surface area contributed by atoms with Gasteiger partial charge in [-0.25, -0.2) is 4.39 Å². The Bertz CT molecular complexity index is 596. The fourth-order valence-electron chi connectivity index (χ4n) is 1.82. The zero-order valence-corrected chi connectivity index (χ0v) is 10.1. The molecule has 0 unspecified atom stereocenters. The molecular formula is C16H13FO. The zero-order chi connectivity index (χ0) is 13.0. The smallest absolute Gasteiger partial charge is 0.148 e. The third-order valence-electron chi connectivity index (χ3n) is 2.69. The second kappa shape index (κ2) is 5.37. The summed E-state index contributed by atoms with van der Waals surface area (Å²) in [7, 11) is 0. The highest BCUT2D eigenvalue weighted by Gasteiger charge is 2.09. The molecule has 0 bridgehead atoms. The SMILES string of the molecule is C#CCOc1ccccc1-c1cc(F)ccc1C. The average molecular weight is 240 g/mol. The van der Waals surface area contributed by atoms with Gasteiger partial charge in [0.15, 0.2) is 0 Å².